The van der Waals surface area contributed by atoms with Crippen LogP contribution in [0.5, 0.6) is 0 Å². The molecule has 0 amide bonds. The number of halogens is 3. The second kappa shape index (κ2) is 3.74. The second-order valence-electron chi connectivity index (χ2n) is 5.55. The first-order valence-corrected chi connectivity index (χ1v) is 6.25. The molecule has 3 aliphatic rings. The molecule has 0 aromatic heterocycles. The largest absolute Gasteiger partial charge is 0.481 e. The molecule has 3 atom stereocenters. The molecule has 3 fully saturated rings. The molecule has 5 heteroatoms. The minimum atomic E-state index is -4.35. The van der Waals surface area contributed by atoms with Gasteiger partial charge in [-0.1, -0.05) is 12.1 Å². The zero-order chi connectivity index (χ0) is 13.8. The van der Waals surface area contributed by atoms with E-state index < -0.39 is 29.0 Å². The molecule has 3 saturated carbocycles. The fourth-order valence-corrected chi connectivity index (χ4v) is 3.84. The van der Waals surface area contributed by atoms with Crippen molar-refractivity contribution in [3.8, 4) is 0 Å². The summed E-state index contributed by atoms with van der Waals surface area (Å²) in [6.07, 6.45) is -1.94. The Kier molecular flexibility index (Phi) is 2.46. The molecule has 2 bridgehead atoms. The van der Waals surface area contributed by atoms with Crippen molar-refractivity contribution in [2.45, 2.75) is 30.9 Å². The van der Waals surface area contributed by atoms with Gasteiger partial charge >= 0.3 is 12.1 Å². The topological polar surface area (TPSA) is 37.3 Å². The molecule has 19 heavy (non-hydrogen) atoms. The van der Waals surface area contributed by atoms with Crippen molar-refractivity contribution in [3.05, 3.63) is 35.4 Å². The van der Waals surface area contributed by atoms with Crippen LogP contribution < -0.4 is 0 Å². The van der Waals surface area contributed by atoms with Gasteiger partial charge < -0.3 is 5.11 Å². The summed E-state index contributed by atoms with van der Waals surface area (Å²) in [4.78, 5) is 11.3. The molecule has 2 nitrogen and oxygen atoms in total. The Morgan fingerprint density at radius 2 is 1.89 bits per heavy atom. The summed E-state index contributed by atoms with van der Waals surface area (Å²) in [5.74, 6) is -1.06. The SMILES string of the molecule is O=C(O)C1C2CCC1(c1ccc(C(F)(F)F)cc1)C2. The van der Waals surface area contributed by atoms with Gasteiger partial charge in [0.25, 0.3) is 0 Å². The third kappa shape index (κ3) is 1.67. The molecule has 1 aromatic rings. The van der Waals surface area contributed by atoms with E-state index in [1.54, 1.807) is 0 Å². The van der Waals surface area contributed by atoms with Crippen LogP contribution in [0.2, 0.25) is 0 Å². The molecule has 102 valence electrons. The lowest BCUT2D eigenvalue weighted by Crippen LogP contribution is -2.48. The highest BCUT2D eigenvalue weighted by atomic mass is 19.4. The Balaban J connectivity index is 1.93. The molecule has 1 aromatic carbocycles. The standard InChI is InChI=1S/C14H13F3O2/c15-14(16,17)10-3-1-9(2-4-10)13-6-5-8(7-13)11(13)12(18)19/h1-4,8,11H,5-7H2,(H,18,19). The lowest BCUT2D eigenvalue weighted by molar-refractivity contribution is -0.150. The van der Waals surface area contributed by atoms with Crippen LogP contribution in [0, 0.1) is 11.8 Å². The maximum Gasteiger partial charge on any atom is 0.416 e. The van der Waals surface area contributed by atoms with E-state index in [2.05, 4.69) is 0 Å². The summed E-state index contributed by atoms with van der Waals surface area (Å²) in [6, 6.07) is 4.99. The predicted octanol–water partition coefficient (Wildman–Crippen LogP) is 3.46. The van der Waals surface area contributed by atoms with E-state index in [0.29, 0.717) is 0 Å². The molecule has 3 aliphatic carbocycles. The summed E-state index contributed by atoms with van der Waals surface area (Å²) in [7, 11) is 0. The average molecular weight is 270 g/mol. The van der Waals surface area contributed by atoms with Crippen LogP contribution in [-0.4, -0.2) is 11.1 Å². The maximum absolute atomic E-state index is 12.5. The number of carboxylic acid groups (broad SMARTS) is 1. The van der Waals surface area contributed by atoms with Crippen LogP contribution in [0.15, 0.2) is 24.3 Å². The van der Waals surface area contributed by atoms with Gasteiger partial charge in [0.05, 0.1) is 11.5 Å². The Labute approximate surface area is 108 Å². The number of hydrogen-bond donors (Lipinski definition) is 1. The average Bonchev–Trinajstić information content (AvgIpc) is 2.86. The lowest BCUT2D eigenvalue weighted by atomic mass is 9.57. The van der Waals surface area contributed by atoms with Crippen LogP contribution in [0.3, 0.4) is 0 Å². The van der Waals surface area contributed by atoms with Crippen molar-refractivity contribution in [2.75, 3.05) is 0 Å². The van der Waals surface area contributed by atoms with Crippen LogP contribution in [0.25, 0.3) is 0 Å². The monoisotopic (exact) mass is 270 g/mol. The highest BCUT2D eigenvalue weighted by molar-refractivity contribution is 5.75. The van der Waals surface area contributed by atoms with Crippen molar-refractivity contribution in [2.24, 2.45) is 11.8 Å². The van der Waals surface area contributed by atoms with Gasteiger partial charge in [-0.3, -0.25) is 4.79 Å². The van der Waals surface area contributed by atoms with Gasteiger partial charge in [0.1, 0.15) is 0 Å². The fourth-order valence-electron chi connectivity index (χ4n) is 3.84. The molecule has 3 unspecified atom stereocenters. The molecule has 1 N–H and O–H groups in total. The van der Waals surface area contributed by atoms with Gasteiger partial charge in [-0.25, -0.2) is 0 Å². The van der Waals surface area contributed by atoms with Gasteiger partial charge in [-0.15, -0.1) is 0 Å². The minimum absolute atomic E-state index is 0.194. The zero-order valence-electron chi connectivity index (χ0n) is 10.1. The Morgan fingerprint density at radius 1 is 1.26 bits per heavy atom. The quantitative estimate of drug-likeness (QED) is 0.893. The third-order valence-corrected chi connectivity index (χ3v) is 4.71. The number of hydrogen-bond acceptors (Lipinski definition) is 1. The first kappa shape index (κ1) is 12.5. The molecular formula is C14H13F3O2. The third-order valence-electron chi connectivity index (χ3n) is 4.71. The fraction of sp³-hybridized carbons (Fsp3) is 0.500. The van der Waals surface area contributed by atoms with Crippen LogP contribution in [-0.2, 0) is 16.4 Å². The van der Waals surface area contributed by atoms with Crippen molar-refractivity contribution in [3.63, 3.8) is 0 Å². The Hall–Kier alpha value is -1.52. The second-order valence-corrected chi connectivity index (χ2v) is 5.55. The summed E-state index contributed by atoms with van der Waals surface area (Å²) in [5.41, 5.74) is -0.379. The Morgan fingerprint density at radius 3 is 2.37 bits per heavy atom. The van der Waals surface area contributed by atoms with E-state index >= 15 is 0 Å². The molecule has 0 aliphatic heterocycles. The maximum atomic E-state index is 12.5. The Bertz CT molecular complexity index is 516. The first-order chi connectivity index (χ1) is 8.84. The number of fused-ring (bicyclic) bond motifs is 1. The van der Waals surface area contributed by atoms with E-state index in [4.69, 9.17) is 0 Å². The van der Waals surface area contributed by atoms with Gasteiger partial charge in [0, 0.05) is 5.41 Å². The summed E-state index contributed by atoms with van der Waals surface area (Å²) in [5, 5.41) is 9.24. The molecule has 0 spiro atoms. The van der Waals surface area contributed by atoms with Gasteiger partial charge in [0.2, 0.25) is 0 Å². The molecule has 0 heterocycles. The predicted molar refractivity (Wildman–Crippen MR) is 61.6 cm³/mol. The van der Waals surface area contributed by atoms with Gasteiger partial charge in [-0.2, -0.15) is 13.2 Å². The molecule has 4 rings (SSSR count). The molecule has 0 saturated heterocycles. The van der Waals surface area contributed by atoms with E-state index in [9.17, 15) is 23.1 Å². The summed E-state index contributed by atoms with van der Waals surface area (Å²) in [6.45, 7) is 0. The lowest BCUT2D eigenvalue weighted by Gasteiger charge is -2.45. The number of alkyl halides is 3. The van der Waals surface area contributed by atoms with Gasteiger partial charge in [-0.05, 0) is 42.9 Å². The van der Waals surface area contributed by atoms with E-state index in [0.717, 1.165) is 37.0 Å². The highest BCUT2D eigenvalue weighted by Gasteiger charge is 2.62. The van der Waals surface area contributed by atoms with Crippen molar-refractivity contribution in [1.29, 1.82) is 0 Å². The van der Waals surface area contributed by atoms with Crippen LogP contribution in [0.4, 0.5) is 13.2 Å². The normalized spacial score (nSPS) is 33.0. The number of rotatable bonds is 2. The van der Waals surface area contributed by atoms with Crippen LogP contribution >= 0.6 is 0 Å². The van der Waals surface area contributed by atoms with Crippen molar-refractivity contribution < 1.29 is 23.1 Å². The first-order valence-electron chi connectivity index (χ1n) is 6.25. The van der Waals surface area contributed by atoms with E-state index in [-0.39, 0.29) is 5.92 Å². The number of carbonyl (C=O) groups is 1. The van der Waals surface area contributed by atoms with Crippen molar-refractivity contribution >= 4 is 5.97 Å². The van der Waals surface area contributed by atoms with Crippen LogP contribution in [0.1, 0.15) is 30.4 Å². The van der Waals surface area contributed by atoms with E-state index in [1.807, 2.05) is 0 Å². The molecular weight excluding hydrogens is 257 g/mol. The summed E-state index contributed by atoms with van der Waals surface area (Å²) >= 11 is 0. The number of carboxylic acids is 1. The number of aliphatic carboxylic acids is 1. The van der Waals surface area contributed by atoms with Gasteiger partial charge in [0.15, 0.2) is 0 Å². The summed E-state index contributed by atoms with van der Waals surface area (Å²) < 4.78 is 37.5. The van der Waals surface area contributed by atoms with Crippen molar-refractivity contribution in [1.82, 2.24) is 0 Å². The molecule has 0 radical (unpaired) electrons. The number of benzene rings is 1. The zero-order valence-corrected chi connectivity index (χ0v) is 10.1. The highest BCUT2D eigenvalue weighted by Crippen LogP contribution is 2.64. The van der Waals surface area contributed by atoms with E-state index in [1.165, 1.54) is 12.1 Å². The minimum Gasteiger partial charge on any atom is -0.481 e. The smallest absolute Gasteiger partial charge is 0.416 e.